The van der Waals surface area contributed by atoms with E-state index in [2.05, 4.69) is 4.98 Å². The molecule has 1 amide bonds. The Kier molecular flexibility index (Phi) is 6.16. The number of benzene rings is 2. The van der Waals surface area contributed by atoms with Crippen LogP contribution in [0, 0.1) is 12.7 Å². The Morgan fingerprint density at radius 2 is 1.79 bits per heavy atom. The minimum Gasteiger partial charge on any atom is -0.451 e. The predicted octanol–water partition coefficient (Wildman–Crippen LogP) is 4.47. The zero-order chi connectivity index (χ0) is 20.1. The maximum atomic E-state index is 13.1. The minimum absolute atomic E-state index is 0.362. The lowest BCUT2D eigenvalue weighted by Crippen LogP contribution is -2.34. The first-order valence-electron chi connectivity index (χ1n) is 8.75. The summed E-state index contributed by atoms with van der Waals surface area (Å²) in [5, 5.41) is 0.735. The number of hydrogen-bond acceptors (Lipinski definition) is 5. The SMILES string of the molecule is CCN(C(=O)COC(=O)c1sc(C)nc1-c1ccccc1)c1ccc(F)cc1. The number of hydrogen-bond donors (Lipinski definition) is 0. The lowest BCUT2D eigenvalue weighted by atomic mass is 10.1. The first kappa shape index (κ1) is 19.7. The molecule has 0 bridgehead atoms. The minimum atomic E-state index is -0.590. The van der Waals surface area contributed by atoms with Crippen LogP contribution in [0.1, 0.15) is 21.6 Å². The summed E-state index contributed by atoms with van der Waals surface area (Å²) in [5.74, 6) is -1.36. The van der Waals surface area contributed by atoms with Crippen molar-refractivity contribution in [1.82, 2.24) is 4.98 Å². The van der Waals surface area contributed by atoms with E-state index in [0.29, 0.717) is 22.8 Å². The van der Waals surface area contributed by atoms with Crippen LogP contribution in [0.3, 0.4) is 0 Å². The number of halogens is 1. The second-order valence-electron chi connectivity index (χ2n) is 5.97. The smallest absolute Gasteiger partial charge is 0.351 e. The Labute approximate surface area is 166 Å². The van der Waals surface area contributed by atoms with Crippen molar-refractivity contribution in [1.29, 1.82) is 0 Å². The zero-order valence-corrected chi connectivity index (χ0v) is 16.3. The fraction of sp³-hybridized carbons (Fsp3) is 0.190. The summed E-state index contributed by atoms with van der Waals surface area (Å²) in [6.07, 6.45) is 0. The van der Waals surface area contributed by atoms with Crippen molar-refractivity contribution in [3.8, 4) is 11.3 Å². The molecule has 0 fully saturated rings. The molecular weight excluding hydrogens is 379 g/mol. The third-order valence-corrected chi connectivity index (χ3v) is 5.00. The van der Waals surface area contributed by atoms with Crippen LogP contribution in [0.5, 0.6) is 0 Å². The third kappa shape index (κ3) is 4.43. The Hall–Kier alpha value is -3.06. The molecule has 3 rings (SSSR count). The highest BCUT2D eigenvalue weighted by atomic mass is 32.1. The Balaban J connectivity index is 1.72. The van der Waals surface area contributed by atoms with Gasteiger partial charge in [0.1, 0.15) is 10.7 Å². The molecule has 2 aromatic carbocycles. The maximum absolute atomic E-state index is 13.1. The molecule has 0 saturated heterocycles. The average molecular weight is 398 g/mol. The van der Waals surface area contributed by atoms with Crippen LogP contribution in [0.2, 0.25) is 0 Å². The summed E-state index contributed by atoms with van der Waals surface area (Å²) in [4.78, 5) is 31.3. The van der Waals surface area contributed by atoms with Crippen LogP contribution in [0.25, 0.3) is 11.3 Å². The highest BCUT2D eigenvalue weighted by molar-refractivity contribution is 7.14. The Morgan fingerprint density at radius 3 is 2.43 bits per heavy atom. The van der Waals surface area contributed by atoms with Gasteiger partial charge in [0.15, 0.2) is 6.61 Å². The Bertz CT molecular complexity index is 971. The van der Waals surface area contributed by atoms with Gasteiger partial charge in [-0.2, -0.15) is 0 Å². The number of aromatic nitrogens is 1. The molecule has 3 aromatic rings. The number of likely N-dealkylation sites (N-methyl/N-ethyl adjacent to an activating group) is 1. The van der Waals surface area contributed by atoms with Gasteiger partial charge in [0.05, 0.1) is 10.7 Å². The van der Waals surface area contributed by atoms with Gasteiger partial charge < -0.3 is 9.64 Å². The average Bonchev–Trinajstić information content (AvgIpc) is 3.10. The van der Waals surface area contributed by atoms with Crippen molar-refractivity contribution >= 4 is 28.9 Å². The van der Waals surface area contributed by atoms with Crippen molar-refractivity contribution in [2.75, 3.05) is 18.1 Å². The van der Waals surface area contributed by atoms with Crippen molar-refractivity contribution in [2.24, 2.45) is 0 Å². The first-order chi connectivity index (χ1) is 13.5. The van der Waals surface area contributed by atoms with Crippen molar-refractivity contribution in [3.63, 3.8) is 0 Å². The van der Waals surface area contributed by atoms with Crippen molar-refractivity contribution in [2.45, 2.75) is 13.8 Å². The van der Waals surface area contributed by atoms with E-state index < -0.39 is 12.6 Å². The molecule has 1 aromatic heterocycles. The van der Waals surface area contributed by atoms with Crippen molar-refractivity contribution in [3.05, 3.63) is 70.3 Å². The number of ether oxygens (including phenoxy) is 1. The molecule has 0 spiro atoms. The van der Waals surface area contributed by atoms with Gasteiger partial charge in [-0.3, -0.25) is 4.79 Å². The summed E-state index contributed by atoms with van der Waals surface area (Å²) in [6, 6.07) is 14.9. The molecule has 0 N–H and O–H groups in total. The highest BCUT2D eigenvalue weighted by Gasteiger charge is 2.22. The molecule has 1 heterocycles. The highest BCUT2D eigenvalue weighted by Crippen LogP contribution is 2.28. The zero-order valence-electron chi connectivity index (χ0n) is 15.5. The number of nitrogens with zero attached hydrogens (tertiary/aromatic N) is 2. The molecule has 5 nitrogen and oxygen atoms in total. The fourth-order valence-corrected chi connectivity index (χ4v) is 3.59. The van der Waals surface area contributed by atoms with E-state index in [1.807, 2.05) is 37.3 Å². The summed E-state index contributed by atoms with van der Waals surface area (Å²) in [5.41, 5.74) is 1.90. The van der Waals surface area contributed by atoms with E-state index in [0.717, 1.165) is 10.6 Å². The monoisotopic (exact) mass is 398 g/mol. The van der Waals surface area contributed by atoms with Crippen LogP contribution in [-0.2, 0) is 9.53 Å². The lowest BCUT2D eigenvalue weighted by molar-refractivity contribution is -0.121. The number of amides is 1. The first-order valence-corrected chi connectivity index (χ1v) is 9.57. The fourth-order valence-electron chi connectivity index (χ4n) is 2.75. The van der Waals surface area contributed by atoms with E-state index in [9.17, 15) is 14.0 Å². The quantitative estimate of drug-likeness (QED) is 0.575. The molecule has 0 aliphatic rings. The summed E-state index contributed by atoms with van der Waals surface area (Å²) in [7, 11) is 0. The molecule has 28 heavy (non-hydrogen) atoms. The van der Waals surface area contributed by atoms with E-state index >= 15 is 0 Å². The molecule has 0 atom stereocenters. The molecule has 0 saturated carbocycles. The summed E-state index contributed by atoms with van der Waals surface area (Å²) < 4.78 is 18.4. The van der Waals surface area contributed by atoms with E-state index in [1.54, 1.807) is 6.92 Å². The van der Waals surface area contributed by atoms with Gasteiger partial charge >= 0.3 is 5.97 Å². The summed E-state index contributed by atoms with van der Waals surface area (Å²) >= 11 is 1.23. The van der Waals surface area contributed by atoms with Crippen LogP contribution in [0.15, 0.2) is 54.6 Å². The second-order valence-corrected chi connectivity index (χ2v) is 7.17. The van der Waals surface area contributed by atoms with Gasteiger partial charge in [0.2, 0.25) is 0 Å². The topological polar surface area (TPSA) is 59.5 Å². The number of thiazole rings is 1. The van der Waals surface area contributed by atoms with Gasteiger partial charge in [-0.1, -0.05) is 30.3 Å². The number of rotatable bonds is 6. The molecule has 7 heteroatoms. The lowest BCUT2D eigenvalue weighted by Gasteiger charge is -2.20. The molecule has 0 aliphatic carbocycles. The molecule has 0 radical (unpaired) electrons. The number of carbonyl (C=O) groups excluding carboxylic acids is 2. The normalized spacial score (nSPS) is 10.5. The van der Waals surface area contributed by atoms with Gasteiger partial charge in [0, 0.05) is 17.8 Å². The van der Waals surface area contributed by atoms with Crippen LogP contribution in [0.4, 0.5) is 10.1 Å². The number of carbonyl (C=O) groups is 2. The van der Waals surface area contributed by atoms with Gasteiger partial charge in [-0.25, -0.2) is 14.2 Å². The van der Waals surface area contributed by atoms with E-state index in [4.69, 9.17) is 4.74 Å². The van der Waals surface area contributed by atoms with E-state index in [-0.39, 0.29) is 11.7 Å². The van der Waals surface area contributed by atoms with Crippen LogP contribution in [-0.4, -0.2) is 30.0 Å². The predicted molar refractivity (Wildman–Crippen MR) is 107 cm³/mol. The second kappa shape index (κ2) is 8.75. The van der Waals surface area contributed by atoms with Crippen molar-refractivity contribution < 1.29 is 18.7 Å². The van der Waals surface area contributed by atoms with E-state index in [1.165, 1.54) is 40.5 Å². The van der Waals surface area contributed by atoms with Gasteiger partial charge in [-0.15, -0.1) is 11.3 Å². The van der Waals surface area contributed by atoms with Crippen LogP contribution >= 0.6 is 11.3 Å². The van der Waals surface area contributed by atoms with Crippen LogP contribution < -0.4 is 4.90 Å². The maximum Gasteiger partial charge on any atom is 0.351 e. The largest absolute Gasteiger partial charge is 0.451 e. The van der Waals surface area contributed by atoms with Gasteiger partial charge in [0.25, 0.3) is 5.91 Å². The Morgan fingerprint density at radius 1 is 1.11 bits per heavy atom. The third-order valence-electron chi connectivity index (χ3n) is 4.05. The number of anilines is 1. The molecule has 144 valence electrons. The molecule has 0 aliphatic heterocycles. The standard InChI is InChI=1S/C21H19FN2O3S/c1-3-24(17-11-9-16(22)10-12-17)18(25)13-27-21(26)20-19(23-14(2)28-20)15-7-5-4-6-8-15/h4-12H,3,13H2,1-2H3. The van der Waals surface area contributed by atoms with Gasteiger partial charge in [-0.05, 0) is 38.1 Å². The molecule has 0 unspecified atom stereocenters. The number of esters is 1. The number of aryl methyl sites for hydroxylation is 1. The molecular formula is C21H19FN2O3S. The summed E-state index contributed by atoms with van der Waals surface area (Å²) in [6.45, 7) is 3.57.